The summed E-state index contributed by atoms with van der Waals surface area (Å²) in [6.07, 6.45) is 1.41. The van der Waals surface area contributed by atoms with E-state index in [9.17, 15) is 4.79 Å². The summed E-state index contributed by atoms with van der Waals surface area (Å²) in [6.45, 7) is 4.08. The van der Waals surface area contributed by atoms with Crippen molar-refractivity contribution in [3.05, 3.63) is 34.1 Å². The van der Waals surface area contributed by atoms with E-state index in [1.807, 2.05) is 6.92 Å². The lowest BCUT2D eigenvalue weighted by atomic mass is 10.4. The number of rotatable bonds is 3. The zero-order valence-corrected chi connectivity index (χ0v) is 12.4. The molecular weight excluding hydrogens is 303 g/mol. The van der Waals surface area contributed by atoms with Gasteiger partial charge in [0.2, 0.25) is 11.8 Å². The maximum atomic E-state index is 11.7. The molecule has 0 aliphatic heterocycles. The minimum absolute atomic E-state index is 0.177. The average Bonchev–Trinajstić information content (AvgIpc) is 2.74. The molecule has 106 valence electrons. The van der Waals surface area contributed by atoms with Crippen LogP contribution in [-0.4, -0.2) is 27.3 Å². The van der Waals surface area contributed by atoms with Crippen molar-refractivity contribution in [3.63, 3.8) is 0 Å². The van der Waals surface area contributed by atoms with Gasteiger partial charge in [0, 0.05) is 18.8 Å². The molecule has 2 aromatic rings. The summed E-state index contributed by atoms with van der Waals surface area (Å²) in [4.78, 5) is 15.7. The Hall–Kier alpha value is -1.79. The molecule has 1 amide bonds. The van der Waals surface area contributed by atoms with Crippen LogP contribution in [0.25, 0.3) is 0 Å². The van der Waals surface area contributed by atoms with Gasteiger partial charge in [0.25, 0.3) is 0 Å². The first kappa shape index (κ1) is 14.6. The van der Waals surface area contributed by atoms with Crippen LogP contribution in [0.2, 0.25) is 10.0 Å². The van der Waals surface area contributed by atoms with Crippen LogP contribution in [0.15, 0.2) is 18.3 Å². The fourth-order valence-corrected chi connectivity index (χ4v) is 1.92. The molecule has 0 spiro atoms. The summed E-state index contributed by atoms with van der Waals surface area (Å²) < 4.78 is 6.65. The first-order chi connectivity index (χ1) is 9.51. The van der Waals surface area contributed by atoms with E-state index in [2.05, 4.69) is 15.4 Å². The second-order valence-electron chi connectivity index (χ2n) is 3.91. The molecule has 2 aromatic heterocycles. The standard InChI is InChI=1S/C12H12Cl2N4O2/c1-3-15-12(19)18-7(2)4-10(17-18)20-11-9(14)5-8(13)6-16-11/h4-6H,3H2,1-2H3,(H,15,19). The summed E-state index contributed by atoms with van der Waals surface area (Å²) in [6, 6.07) is 2.80. The predicted molar refractivity (Wildman–Crippen MR) is 75.8 cm³/mol. The number of nitrogens with zero attached hydrogens (tertiary/aromatic N) is 3. The van der Waals surface area contributed by atoms with Gasteiger partial charge in [-0.15, -0.1) is 5.10 Å². The Kier molecular flexibility index (Phi) is 4.46. The van der Waals surface area contributed by atoms with Gasteiger partial charge in [-0.25, -0.2) is 9.78 Å². The first-order valence-electron chi connectivity index (χ1n) is 5.85. The fraction of sp³-hybridized carbons (Fsp3) is 0.250. The molecule has 0 saturated heterocycles. The highest BCUT2D eigenvalue weighted by Crippen LogP contribution is 2.28. The zero-order valence-electron chi connectivity index (χ0n) is 10.9. The van der Waals surface area contributed by atoms with E-state index in [0.29, 0.717) is 17.3 Å². The number of hydrogen-bond acceptors (Lipinski definition) is 4. The second-order valence-corrected chi connectivity index (χ2v) is 4.76. The maximum Gasteiger partial charge on any atom is 0.342 e. The van der Waals surface area contributed by atoms with Crippen molar-refractivity contribution in [1.29, 1.82) is 0 Å². The van der Waals surface area contributed by atoms with E-state index in [-0.39, 0.29) is 22.8 Å². The number of aryl methyl sites for hydroxylation is 1. The molecule has 8 heteroatoms. The van der Waals surface area contributed by atoms with E-state index in [0.717, 1.165) is 0 Å². The van der Waals surface area contributed by atoms with Gasteiger partial charge in [-0.05, 0) is 19.9 Å². The number of halogens is 2. The number of ether oxygens (including phenoxy) is 1. The number of amides is 1. The van der Waals surface area contributed by atoms with Gasteiger partial charge in [-0.2, -0.15) is 4.68 Å². The van der Waals surface area contributed by atoms with E-state index < -0.39 is 0 Å². The molecule has 0 atom stereocenters. The van der Waals surface area contributed by atoms with Gasteiger partial charge in [0.05, 0.1) is 10.7 Å². The van der Waals surface area contributed by atoms with Crippen LogP contribution in [-0.2, 0) is 0 Å². The van der Waals surface area contributed by atoms with Crippen LogP contribution in [0.4, 0.5) is 4.79 Å². The van der Waals surface area contributed by atoms with E-state index in [1.54, 1.807) is 13.0 Å². The van der Waals surface area contributed by atoms with Crippen molar-refractivity contribution < 1.29 is 9.53 Å². The zero-order chi connectivity index (χ0) is 14.7. The second kappa shape index (κ2) is 6.11. The largest absolute Gasteiger partial charge is 0.417 e. The molecular formula is C12H12Cl2N4O2. The Morgan fingerprint density at radius 1 is 1.45 bits per heavy atom. The van der Waals surface area contributed by atoms with Crippen LogP contribution in [0.3, 0.4) is 0 Å². The highest BCUT2D eigenvalue weighted by Gasteiger charge is 2.13. The highest BCUT2D eigenvalue weighted by atomic mass is 35.5. The van der Waals surface area contributed by atoms with E-state index >= 15 is 0 Å². The number of carbonyl (C=O) groups excluding carboxylic acids is 1. The van der Waals surface area contributed by atoms with Gasteiger partial charge in [0.1, 0.15) is 5.02 Å². The van der Waals surface area contributed by atoms with Gasteiger partial charge in [-0.3, -0.25) is 0 Å². The molecule has 1 N–H and O–H groups in total. The smallest absolute Gasteiger partial charge is 0.342 e. The lowest BCUT2D eigenvalue weighted by molar-refractivity contribution is 0.239. The molecule has 0 bridgehead atoms. The van der Waals surface area contributed by atoms with Crippen molar-refractivity contribution in [2.45, 2.75) is 13.8 Å². The number of carbonyl (C=O) groups is 1. The summed E-state index contributed by atoms with van der Waals surface area (Å²) >= 11 is 11.7. The van der Waals surface area contributed by atoms with Gasteiger partial charge < -0.3 is 10.1 Å². The average molecular weight is 315 g/mol. The van der Waals surface area contributed by atoms with Gasteiger partial charge in [0.15, 0.2) is 0 Å². The third-order valence-electron chi connectivity index (χ3n) is 2.36. The molecule has 0 aromatic carbocycles. The van der Waals surface area contributed by atoms with Crippen molar-refractivity contribution >= 4 is 29.2 Å². The number of pyridine rings is 1. The molecule has 0 aliphatic carbocycles. The summed E-state index contributed by atoms with van der Waals surface area (Å²) in [7, 11) is 0. The molecule has 0 fully saturated rings. The lowest BCUT2D eigenvalue weighted by Crippen LogP contribution is -2.29. The molecule has 0 unspecified atom stereocenters. The molecule has 6 nitrogen and oxygen atoms in total. The summed E-state index contributed by atoms with van der Waals surface area (Å²) in [5.74, 6) is 0.405. The highest BCUT2D eigenvalue weighted by molar-refractivity contribution is 6.35. The fourth-order valence-electron chi connectivity index (χ4n) is 1.50. The molecule has 0 saturated carbocycles. The van der Waals surface area contributed by atoms with E-state index in [1.165, 1.54) is 16.9 Å². The third kappa shape index (κ3) is 3.20. The van der Waals surface area contributed by atoms with Crippen LogP contribution >= 0.6 is 23.2 Å². The Morgan fingerprint density at radius 3 is 2.85 bits per heavy atom. The minimum Gasteiger partial charge on any atom is -0.417 e. The lowest BCUT2D eigenvalue weighted by Gasteiger charge is -2.04. The predicted octanol–water partition coefficient (Wildman–Crippen LogP) is 3.26. The first-order valence-corrected chi connectivity index (χ1v) is 6.60. The van der Waals surface area contributed by atoms with Crippen molar-refractivity contribution in [3.8, 4) is 11.8 Å². The quantitative estimate of drug-likeness (QED) is 0.944. The normalized spacial score (nSPS) is 10.4. The molecule has 20 heavy (non-hydrogen) atoms. The SMILES string of the molecule is CCNC(=O)n1nc(Oc2ncc(Cl)cc2Cl)cc1C. The van der Waals surface area contributed by atoms with Crippen LogP contribution in [0.5, 0.6) is 11.8 Å². The number of nitrogens with one attached hydrogen (secondary N) is 1. The van der Waals surface area contributed by atoms with Crippen molar-refractivity contribution in [1.82, 2.24) is 20.1 Å². The molecule has 0 aliphatic rings. The molecule has 2 heterocycles. The van der Waals surface area contributed by atoms with Crippen molar-refractivity contribution in [2.75, 3.05) is 6.54 Å². The van der Waals surface area contributed by atoms with Crippen LogP contribution < -0.4 is 10.1 Å². The van der Waals surface area contributed by atoms with Crippen LogP contribution in [0.1, 0.15) is 12.6 Å². The third-order valence-corrected chi connectivity index (χ3v) is 2.84. The monoisotopic (exact) mass is 314 g/mol. The Bertz CT molecular complexity index is 642. The maximum absolute atomic E-state index is 11.7. The van der Waals surface area contributed by atoms with Crippen LogP contribution in [0, 0.1) is 6.92 Å². The summed E-state index contributed by atoms with van der Waals surface area (Å²) in [5.41, 5.74) is 0.635. The Labute approximate surface area is 125 Å². The number of aromatic nitrogens is 3. The van der Waals surface area contributed by atoms with E-state index in [4.69, 9.17) is 27.9 Å². The van der Waals surface area contributed by atoms with Crippen molar-refractivity contribution in [2.24, 2.45) is 0 Å². The minimum atomic E-state index is -0.324. The van der Waals surface area contributed by atoms with Gasteiger partial charge >= 0.3 is 6.03 Å². The molecule has 0 radical (unpaired) electrons. The molecule has 2 rings (SSSR count). The Morgan fingerprint density at radius 2 is 2.20 bits per heavy atom. The topological polar surface area (TPSA) is 69.0 Å². The Balaban J connectivity index is 2.22. The number of hydrogen-bond donors (Lipinski definition) is 1. The van der Waals surface area contributed by atoms with Gasteiger partial charge in [-0.1, -0.05) is 23.2 Å². The summed E-state index contributed by atoms with van der Waals surface area (Å²) in [5, 5.41) is 7.36.